The molecule has 0 amide bonds. The zero-order valence-corrected chi connectivity index (χ0v) is 13.2. The van der Waals surface area contributed by atoms with Gasteiger partial charge in [-0.25, -0.2) is 4.39 Å². The average Bonchev–Trinajstić information content (AvgIpc) is 2.42. The van der Waals surface area contributed by atoms with Crippen LogP contribution in [-0.4, -0.2) is 33.9 Å². The Morgan fingerprint density at radius 3 is 2.50 bits per heavy atom. The number of ether oxygens (including phenoxy) is 1. The number of nitrogens with zero attached hydrogens (tertiary/aromatic N) is 1. The van der Waals surface area contributed by atoms with Gasteiger partial charge in [-0.3, -0.25) is 0 Å². The number of nitrogens with one attached hydrogen (secondary N) is 1. The molecule has 0 aliphatic rings. The Balaban J connectivity index is 2.95. The van der Waals surface area contributed by atoms with E-state index in [2.05, 4.69) is 24.1 Å². The molecule has 1 aromatic carbocycles. The van der Waals surface area contributed by atoms with E-state index in [1.54, 1.807) is 13.2 Å². The van der Waals surface area contributed by atoms with Crippen LogP contribution in [0.4, 0.5) is 10.1 Å². The lowest BCUT2D eigenvalue weighted by Gasteiger charge is -2.27. The van der Waals surface area contributed by atoms with Crippen LogP contribution in [0.3, 0.4) is 0 Å². The number of halogens is 1. The largest absolute Gasteiger partial charge is 0.383 e. The van der Waals surface area contributed by atoms with E-state index < -0.39 is 0 Å². The molecule has 0 heterocycles. The molecule has 0 bridgehead atoms. The highest BCUT2D eigenvalue weighted by atomic mass is 19.1. The van der Waals surface area contributed by atoms with Crippen LogP contribution in [0.2, 0.25) is 0 Å². The quantitative estimate of drug-likeness (QED) is 0.792. The van der Waals surface area contributed by atoms with Crippen molar-refractivity contribution >= 4 is 5.69 Å². The Kier molecular flexibility index (Phi) is 6.96. The first-order chi connectivity index (χ1) is 9.49. The third-order valence-corrected chi connectivity index (χ3v) is 3.40. The predicted octanol–water partition coefficient (Wildman–Crippen LogP) is 3.21. The lowest BCUT2D eigenvalue weighted by Crippen LogP contribution is -2.31. The van der Waals surface area contributed by atoms with Crippen LogP contribution < -0.4 is 10.2 Å². The van der Waals surface area contributed by atoms with Crippen LogP contribution >= 0.6 is 0 Å². The molecule has 1 rings (SSSR count). The monoisotopic (exact) mass is 282 g/mol. The molecular formula is C16H27FN2O. The van der Waals surface area contributed by atoms with Crippen LogP contribution in [0, 0.1) is 11.7 Å². The molecule has 0 aliphatic carbocycles. The molecule has 20 heavy (non-hydrogen) atoms. The van der Waals surface area contributed by atoms with E-state index >= 15 is 0 Å². The zero-order chi connectivity index (χ0) is 15.1. The summed E-state index contributed by atoms with van der Waals surface area (Å²) in [5, 5.41) is 3.12. The van der Waals surface area contributed by atoms with Crippen LogP contribution in [-0.2, 0) is 4.74 Å². The van der Waals surface area contributed by atoms with E-state index in [4.69, 9.17) is 4.74 Å². The molecule has 0 aliphatic heterocycles. The number of methoxy groups -OCH3 is 1. The summed E-state index contributed by atoms with van der Waals surface area (Å²) in [5.74, 6) is 0.309. The summed E-state index contributed by atoms with van der Waals surface area (Å²) in [5.41, 5.74) is 1.62. The first kappa shape index (κ1) is 16.9. The average molecular weight is 282 g/mol. The maximum absolute atomic E-state index is 14.4. The normalized spacial score (nSPS) is 12.8. The molecule has 0 saturated heterocycles. The summed E-state index contributed by atoms with van der Waals surface area (Å²) in [7, 11) is 3.54. The maximum Gasteiger partial charge on any atom is 0.146 e. The minimum Gasteiger partial charge on any atom is -0.383 e. The lowest BCUT2D eigenvalue weighted by atomic mass is 10.1. The van der Waals surface area contributed by atoms with Gasteiger partial charge >= 0.3 is 0 Å². The van der Waals surface area contributed by atoms with E-state index in [9.17, 15) is 4.39 Å². The van der Waals surface area contributed by atoms with Crippen molar-refractivity contribution in [1.29, 1.82) is 0 Å². The van der Waals surface area contributed by atoms with Gasteiger partial charge in [0.05, 0.1) is 12.3 Å². The molecular weight excluding hydrogens is 255 g/mol. The summed E-state index contributed by atoms with van der Waals surface area (Å²) in [6.45, 7) is 8.41. The molecule has 114 valence electrons. The van der Waals surface area contributed by atoms with E-state index in [0.717, 1.165) is 12.1 Å². The molecule has 0 saturated carbocycles. The third kappa shape index (κ3) is 4.76. The highest BCUT2D eigenvalue weighted by Crippen LogP contribution is 2.24. The van der Waals surface area contributed by atoms with Gasteiger partial charge in [0.2, 0.25) is 0 Å². The second-order valence-corrected chi connectivity index (χ2v) is 5.55. The minimum absolute atomic E-state index is 0.149. The van der Waals surface area contributed by atoms with Gasteiger partial charge in [0.15, 0.2) is 0 Å². The molecule has 0 aromatic heterocycles. The van der Waals surface area contributed by atoms with Crippen molar-refractivity contribution in [1.82, 2.24) is 5.32 Å². The third-order valence-electron chi connectivity index (χ3n) is 3.40. The second-order valence-electron chi connectivity index (χ2n) is 5.55. The molecule has 0 fully saturated rings. The zero-order valence-electron chi connectivity index (χ0n) is 13.2. The van der Waals surface area contributed by atoms with Gasteiger partial charge < -0.3 is 15.0 Å². The Morgan fingerprint density at radius 1 is 1.30 bits per heavy atom. The predicted molar refractivity (Wildman–Crippen MR) is 82.8 cm³/mol. The van der Waals surface area contributed by atoms with Crippen LogP contribution in [0.15, 0.2) is 18.2 Å². The van der Waals surface area contributed by atoms with Crippen LogP contribution in [0.5, 0.6) is 0 Å². The topological polar surface area (TPSA) is 24.5 Å². The minimum atomic E-state index is -0.165. The summed E-state index contributed by atoms with van der Waals surface area (Å²) in [4.78, 5) is 2.05. The highest BCUT2D eigenvalue weighted by molar-refractivity contribution is 5.49. The van der Waals surface area contributed by atoms with Crippen molar-refractivity contribution < 1.29 is 9.13 Å². The second kappa shape index (κ2) is 8.22. The van der Waals surface area contributed by atoms with Crippen molar-refractivity contribution in [3.8, 4) is 0 Å². The molecule has 1 unspecified atom stereocenters. The number of rotatable bonds is 8. The standard InChI is InChI=1S/C16H27FN2O/c1-12(2)11-19(8-9-20-5)16-7-6-14(10-15(16)17)13(3)18-4/h6-7,10,12-13,18H,8-9,11H2,1-5H3. The van der Waals surface area contributed by atoms with Crippen molar-refractivity contribution in [2.75, 3.05) is 38.8 Å². The summed E-state index contributed by atoms with van der Waals surface area (Å²) in [6.07, 6.45) is 0. The summed E-state index contributed by atoms with van der Waals surface area (Å²) in [6, 6.07) is 5.63. The van der Waals surface area contributed by atoms with Gasteiger partial charge in [-0.15, -0.1) is 0 Å². The van der Waals surface area contributed by atoms with Crippen LogP contribution in [0.1, 0.15) is 32.4 Å². The number of anilines is 1. The molecule has 0 spiro atoms. The molecule has 0 radical (unpaired) electrons. The summed E-state index contributed by atoms with van der Waals surface area (Å²) < 4.78 is 19.5. The molecule has 1 atom stereocenters. The molecule has 1 aromatic rings. The number of hydrogen-bond acceptors (Lipinski definition) is 3. The summed E-state index contributed by atoms with van der Waals surface area (Å²) >= 11 is 0. The maximum atomic E-state index is 14.4. The van der Waals surface area contributed by atoms with Gasteiger partial charge in [-0.2, -0.15) is 0 Å². The van der Waals surface area contributed by atoms with Gasteiger partial charge in [-0.05, 0) is 37.6 Å². The van der Waals surface area contributed by atoms with E-state index in [-0.39, 0.29) is 11.9 Å². The fraction of sp³-hybridized carbons (Fsp3) is 0.625. The Bertz CT molecular complexity index is 409. The van der Waals surface area contributed by atoms with Gasteiger partial charge in [0.1, 0.15) is 5.82 Å². The van der Waals surface area contributed by atoms with Crippen molar-refractivity contribution in [3.63, 3.8) is 0 Å². The first-order valence-electron chi connectivity index (χ1n) is 7.20. The van der Waals surface area contributed by atoms with Gasteiger partial charge in [0, 0.05) is 26.2 Å². The fourth-order valence-electron chi connectivity index (χ4n) is 2.17. The highest BCUT2D eigenvalue weighted by Gasteiger charge is 2.14. The van der Waals surface area contributed by atoms with E-state index in [1.165, 1.54) is 0 Å². The Labute approximate surface area is 122 Å². The SMILES string of the molecule is CNC(C)c1ccc(N(CCOC)CC(C)C)c(F)c1. The van der Waals surface area contributed by atoms with E-state index in [1.807, 2.05) is 26.1 Å². The van der Waals surface area contributed by atoms with Crippen LogP contribution in [0.25, 0.3) is 0 Å². The van der Waals surface area contributed by atoms with Crippen molar-refractivity contribution in [2.24, 2.45) is 5.92 Å². The van der Waals surface area contributed by atoms with E-state index in [0.29, 0.717) is 24.8 Å². The molecule has 1 N–H and O–H groups in total. The number of benzene rings is 1. The Hall–Kier alpha value is -1.13. The lowest BCUT2D eigenvalue weighted by molar-refractivity contribution is 0.204. The van der Waals surface area contributed by atoms with Crippen molar-refractivity contribution in [2.45, 2.75) is 26.8 Å². The van der Waals surface area contributed by atoms with Gasteiger partial charge in [-0.1, -0.05) is 19.9 Å². The number of hydrogen-bond donors (Lipinski definition) is 1. The molecule has 3 nitrogen and oxygen atoms in total. The smallest absolute Gasteiger partial charge is 0.146 e. The van der Waals surface area contributed by atoms with Gasteiger partial charge in [0.25, 0.3) is 0 Å². The fourth-order valence-corrected chi connectivity index (χ4v) is 2.17. The van der Waals surface area contributed by atoms with Crippen molar-refractivity contribution in [3.05, 3.63) is 29.6 Å². The Morgan fingerprint density at radius 2 is 2.00 bits per heavy atom. The molecule has 4 heteroatoms. The first-order valence-corrected chi connectivity index (χ1v) is 7.20.